The molecular formula is C15H21N3O2. The number of aryl methyl sites for hydroxylation is 1. The Morgan fingerprint density at radius 2 is 2.05 bits per heavy atom. The van der Waals surface area contributed by atoms with Crippen molar-refractivity contribution < 1.29 is 9.59 Å². The predicted octanol–water partition coefficient (Wildman–Crippen LogP) is 2.74. The van der Waals surface area contributed by atoms with Crippen LogP contribution >= 0.6 is 0 Å². The molecule has 0 aromatic heterocycles. The Bertz CT molecular complexity index is 532. The number of carbonyl (C=O) groups excluding carboxylic acids is 2. The molecule has 20 heavy (non-hydrogen) atoms. The van der Waals surface area contributed by atoms with Crippen LogP contribution in [-0.4, -0.2) is 18.5 Å². The number of anilines is 2. The number of nitrogens with one attached hydrogen (secondary N) is 3. The van der Waals surface area contributed by atoms with E-state index in [0.29, 0.717) is 19.4 Å². The fourth-order valence-electron chi connectivity index (χ4n) is 1.98. The summed E-state index contributed by atoms with van der Waals surface area (Å²) in [5.41, 5.74) is 2.68. The Hall–Kier alpha value is -2.04. The normalized spacial score (nSPS) is 14.2. The molecular weight excluding hydrogens is 254 g/mol. The zero-order chi connectivity index (χ0) is 14.8. The van der Waals surface area contributed by atoms with Crippen molar-refractivity contribution >= 4 is 23.3 Å². The molecule has 1 heterocycles. The first-order valence-electron chi connectivity index (χ1n) is 6.81. The van der Waals surface area contributed by atoms with Gasteiger partial charge in [0.2, 0.25) is 5.91 Å². The number of rotatable bonds is 2. The molecule has 108 valence electrons. The lowest BCUT2D eigenvalue weighted by Crippen LogP contribution is -2.35. The predicted molar refractivity (Wildman–Crippen MR) is 79.9 cm³/mol. The summed E-state index contributed by atoms with van der Waals surface area (Å²) in [4.78, 5) is 23.1. The SMILES string of the molecule is CC(C)(C)CNC(=O)Nc1ccc2c(c1)CCC(=O)N2. The van der Waals surface area contributed by atoms with Gasteiger partial charge in [0.25, 0.3) is 0 Å². The fourth-order valence-corrected chi connectivity index (χ4v) is 1.98. The smallest absolute Gasteiger partial charge is 0.319 e. The molecule has 0 fully saturated rings. The number of amides is 3. The Labute approximate surface area is 119 Å². The van der Waals surface area contributed by atoms with Gasteiger partial charge >= 0.3 is 6.03 Å². The summed E-state index contributed by atoms with van der Waals surface area (Å²) in [6, 6.07) is 5.32. The van der Waals surface area contributed by atoms with E-state index < -0.39 is 0 Å². The van der Waals surface area contributed by atoms with E-state index in [0.717, 1.165) is 16.9 Å². The maximum absolute atomic E-state index is 11.8. The first kappa shape index (κ1) is 14.4. The molecule has 3 N–H and O–H groups in total. The fraction of sp³-hybridized carbons (Fsp3) is 0.467. The van der Waals surface area contributed by atoms with E-state index in [1.54, 1.807) is 6.07 Å². The second-order valence-electron chi connectivity index (χ2n) is 6.29. The highest BCUT2D eigenvalue weighted by molar-refractivity contribution is 5.95. The van der Waals surface area contributed by atoms with Crippen molar-refractivity contribution in [1.82, 2.24) is 5.32 Å². The zero-order valence-corrected chi connectivity index (χ0v) is 12.2. The van der Waals surface area contributed by atoms with Gasteiger partial charge in [0.05, 0.1) is 0 Å². The third-order valence-electron chi connectivity index (χ3n) is 3.04. The molecule has 0 bridgehead atoms. The zero-order valence-electron chi connectivity index (χ0n) is 12.2. The number of hydrogen-bond acceptors (Lipinski definition) is 2. The monoisotopic (exact) mass is 275 g/mol. The summed E-state index contributed by atoms with van der Waals surface area (Å²) in [5, 5.41) is 8.47. The standard InChI is InChI=1S/C15H21N3O2/c1-15(2,3)9-16-14(20)17-11-5-6-12-10(8-11)4-7-13(19)18-12/h5-6,8H,4,7,9H2,1-3H3,(H,18,19)(H2,16,17,20). The van der Waals surface area contributed by atoms with Crippen LogP contribution in [-0.2, 0) is 11.2 Å². The highest BCUT2D eigenvalue weighted by Crippen LogP contribution is 2.25. The van der Waals surface area contributed by atoms with E-state index in [4.69, 9.17) is 0 Å². The van der Waals surface area contributed by atoms with Gasteiger partial charge in [-0.3, -0.25) is 4.79 Å². The van der Waals surface area contributed by atoms with Crippen molar-refractivity contribution in [2.45, 2.75) is 33.6 Å². The van der Waals surface area contributed by atoms with E-state index in [9.17, 15) is 9.59 Å². The molecule has 0 spiro atoms. The Morgan fingerprint density at radius 1 is 1.30 bits per heavy atom. The number of benzene rings is 1. The summed E-state index contributed by atoms with van der Waals surface area (Å²) < 4.78 is 0. The Balaban J connectivity index is 1.97. The molecule has 1 aromatic carbocycles. The van der Waals surface area contributed by atoms with Gasteiger partial charge < -0.3 is 16.0 Å². The average molecular weight is 275 g/mol. The van der Waals surface area contributed by atoms with Crippen LogP contribution in [0.3, 0.4) is 0 Å². The number of urea groups is 1. The molecule has 1 aliphatic rings. The summed E-state index contributed by atoms with van der Waals surface area (Å²) in [6.07, 6.45) is 1.20. The lowest BCUT2D eigenvalue weighted by molar-refractivity contribution is -0.116. The molecule has 0 unspecified atom stereocenters. The van der Waals surface area contributed by atoms with Gasteiger partial charge in [-0.2, -0.15) is 0 Å². The quantitative estimate of drug-likeness (QED) is 0.776. The molecule has 5 heteroatoms. The van der Waals surface area contributed by atoms with Crippen LogP contribution in [0.2, 0.25) is 0 Å². The third kappa shape index (κ3) is 3.98. The van der Waals surface area contributed by atoms with Crippen LogP contribution in [0, 0.1) is 5.41 Å². The van der Waals surface area contributed by atoms with E-state index in [-0.39, 0.29) is 17.4 Å². The number of fused-ring (bicyclic) bond motifs is 1. The topological polar surface area (TPSA) is 70.2 Å². The molecule has 2 rings (SSSR count). The second kappa shape index (κ2) is 5.53. The van der Waals surface area contributed by atoms with Crippen molar-refractivity contribution in [3.63, 3.8) is 0 Å². The molecule has 0 saturated carbocycles. The van der Waals surface area contributed by atoms with Crippen molar-refractivity contribution in [1.29, 1.82) is 0 Å². The summed E-state index contributed by atoms with van der Waals surface area (Å²) in [6.45, 7) is 6.80. The highest BCUT2D eigenvalue weighted by Gasteiger charge is 2.16. The highest BCUT2D eigenvalue weighted by atomic mass is 16.2. The van der Waals surface area contributed by atoms with Crippen molar-refractivity contribution in [2.75, 3.05) is 17.2 Å². The minimum absolute atomic E-state index is 0.0427. The summed E-state index contributed by atoms with van der Waals surface area (Å²) >= 11 is 0. The third-order valence-corrected chi connectivity index (χ3v) is 3.04. The van der Waals surface area contributed by atoms with Gasteiger partial charge in [0, 0.05) is 24.3 Å². The summed E-state index contributed by atoms with van der Waals surface area (Å²) in [7, 11) is 0. The first-order valence-corrected chi connectivity index (χ1v) is 6.81. The van der Waals surface area contributed by atoms with Crippen LogP contribution in [0.25, 0.3) is 0 Å². The van der Waals surface area contributed by atoms with Gasteiger partial charge in [-0.15, -0.1) is 0 Å². The van der Waals surface area contributed by atoms with Crippen LogP contribution in [0.5, 0.6) is 0 Å². The molecule has 0 radical (unpaired) electrons. The van der Waals surface area contributed by atoms with Crippen molar-refractivity contribution in [2.24, 2.45) is 5.41 Å². The first-order chi connectivity index (χ1) is 9.33. The Kier molecular flexibility index (Phi) is 3.97. The maximum atomic E-state index is 11.8. The van der Waals surface area contributed by atoms with E-state index in [2.05, 4.69) is 36.7 Å². The molecule has 1 aromatic rings. The van der Waals surface area contributed by atoms with E-state index in [1.165, 1.54) is 0 Å². The lowest BCUT2D eigenvalue weighted by Gasteiger charge is -2.20. The van der Waals surface area contributed by atoms with Crippen molar-refractivity contribution in [3.05, 3.63) is 23.8 Å². The second-order valence-corrected chi connectivity index (χ2v) is 6.29. The van der Waals surface area contributed by atoms with Gasteiger partial charge in [0.15, 0.2) is 0 Å². The van der Waals surface area contributed by atoms with E-state index in [1.807, 2.05) is 12.1 Å². The minimum Gasteiger partial charge on any atom is -0.337 e. The number of carbonyl (C=O) groups is 2. The van der Waals surface area contributed by atoms with Crippen LogP contribution in [0.15, 0.2) is 18.2 Å². The lowest BCUT2D eigenvalue weighted by atomic mass is 9.97. The molecule has 1 aliphatic heterocycles. The largest absolute Gasteiger partial charge is 0.337 e. The molecule has 0 saturated heterocycles. The van der Waals surface area contributed by atoms with Gasteiger partial charge in [0.1, 0.15) is 0 Å². The number of hydrogen-bond donors (Lipinski definition) is 3. The van der Waals surface area contributed by atoms with Crippen molar-refractivity contribution in [3.8, 4) is 0 Å². The minimum atomic E-state index is -0.209. The average Bonchev–Trinajstić information content (AvgIpc) is 2.36. The summed E-state index contributed by atoms with van der Waals surface area (Å²) in [5.74, 6) is 0.0427. The van der Waals surface area contributed by atoms with E-state index >= 15 is 0 Å². The molecule has 3 amide bonds. The van der Waals surface area contributed by atoms with Gasteiger partial charge in [-0.05, 0) is 35.6 Å². The van der Waals surface area contributed by atoms with Crippen LogP contribution in [0.1, 0.15) is 32.8 Å². The molecule has 0 atom stereocenters. The van der Waals surface area contributed by atoms with Crippen LogP contribution in [0.4, 0.5) is 16.2 Å². The molecule has 5 nitrogen and oxygen atoms in total. The Morgan fingerprint density at radius 3 is 2.75 bits per heavy atom. The maximum Gasteiger partial charge on any atom is 0.319 e. The van der Waals surface area contributed by atoms with Crippen LogP contribution < -0.4 is 16.0 Å². The van der Waals surface area contributed by atoms with Gasteiger partial charge in [-0.1, -0.05) is 20.8 Å². The van der Waals surface area contributed by atoms with Gasteiger partial charge in [-0.25, -0.2) is 4.79 Å². The molecule has 0 aliphatic carbocycles.